The number of methoxy groups -OCH3 is 1. The van der Waals surface area contributed by atoms with Crippen LogP contribution in [0, 0.1) is 0 Å². The van der Waals surface area contributed by atoms with E-state index in [1.807, 2.05) is 12.1 Å². The normalized spacial score (nSPS) is 20.0. The highest BCUT2D eigenvalue weighted by Gasteiger charge is 2.25. The van der Waals surface area contributed by atoms with Gasteiger partial charge in [0.25, 0.3) is 5.56 Å². The van der Waals surface area contributed by atoms with Crippen molar-refractivity contribution in [1.82, 2.24) is 14.9 Å². The highest BCUT2D eigenvalue weighted by molar-refractivity contribution is 7.18. The van der Waals surface area contributed by atoms with E-state index >= 15 is 0 Å². The van der Waals surface area contributed by atoms with E-state index in [2.05, 4.69) is 22.0 Å². The predicted octanol–water partition coefficient (Wildman–Crippen LogP) is 4.60. The summed E-state index contributed by atoms with van der Waals surface area (Å²) in [6.45, 7) is 1.71. The summed E-state index contributed by atoms with van der Waals surface area (Å²) >= 11 is 1.72. The molecular formula is C23H27N3O2S. The van der Waals surface area contributed by atoms with Gasteiger partial charge in [0.1, 0.15) is 16.4 Å². The number of aromatic nitrogens is 2. The van der Waals surface area contributed by atoms with Gasteiger partial charge in [-0.2, -0.15) is 0 Å². The Morgan fingerprint density at radius 2 is 2.03 bits per heavy atom. The third-order valence-electron chi connectivity index (χ3n) is 6.34. The molecule has 1 aliphatic carbocycles. The topological polar surface area (TPSA) is 58.2 Å². The van der Waals surface area contributed by atoms with Gasteiger partial charge in [-0.3, -0.25) is 9.69 Å². The molecule has 0 saturated carbocycles. The predicted molar refractivity (Wildman–Crippen MR) is 117 cm³/mol. The molecule has 1 aromatic carbocycles. The molecular weight excluding hydrogens is 382 g/mol. The minimum atomic E-state index is 0.0419. The van der Waals surface area contributed by atoms with Gasteiger partial charge in [0, 0.05) is 10.9 Å². The van der Waals surface area contributed by atoms with Gasteiger partial charge in [0.05, 0.1) is 19.0 Å². The second-order valence-electron chi connectivity index (χ2n) is 8.16. The lowest BCUT2D eigenvalue weighted by atomic mass is 10.0. The van der Waals surface area contributed by atoms with Crippen molar-refractivity contribution in [2.24, 2.45) is 0 Å². The van der Waals surface area contributed by atoms with Crippen molar-refractivity contribution in [3.8, 4) is 5.75 Å². The molecule has 0 radical (unpaired) electrons. The highest BCUT2D eigenvalue weighted by Crippen LogP contribution is 2.35. The van der Waals surface area contributed by atoms with Crippen molar-refractivity contribution < 1.29 is 4.74 Å². The van der Waals surface area contributed by atoms with E-state index in [-0.39, 0.29) is 5.56 Å². The van der Waals surface area contributed by atoms with Crippen LogP contribution in [0.4, 0.5) is 0 Å². The quantitative estimate of drug-likeness (QED) is 0.684. The van der Waals surface area contributed by atoms with Crippen LogP contribution in [-0.4, -0.2) is 28.5 Å². The molecule has 5 nitrogen and oxygen atoms in total. The van der Waals surface area contributed by atoms with Gasteiger partial charge >= 0.3 is 0 Å². The van der Waals surface area contributed by atoms with Crippen molar-refractivity contribution in [2.75, 3.05) is 13.7 Å². The molecule has 6 heteroatoms. The van der Waals surface area contributed by atoms with Gasteiger partial charge in [-0.25, -0.2) is 4.98 Å². The van der Waals surface area contributed by atoms with E-state index < -0.39 is 0 Å². The number of H-pyrrole nitrogens is 1. The third kappa shape index (κ3) is 3.60. The highest BCUT2D eigenvalue weighted by atomic mass is 32.1. The van der Waals surface area contributed by atoms with Crippen LogP contribution in [0.15, 0.2) is 29.1 Å². The zero-order chi connectivity index (χ0) is 19.8. The Bertz CT molecular complexity index is 1070. The molecule has 0 bridgehead atoms. The van der Waals surface area contributed by atoms with Gasteiger partial charge in [0.15, 0.2) is 0 Å². The zero-order valence-electron chi connectivity index (χ0n) is 16.9. The molecule has 1 saturated heterocycles. The maximum atomic E-state index is 12.8. The van der Waals surface area contributed by atoms with Gasteiger partial charge < -0.3 is 9.72 Å². The maximum absolute atomic E-state index is 12.8. The third-order valence-corrected chi connectivity index (χ3v) is 7.53. The lowest BCUT2D eigenvalue weighted by Crippen LogP contribution is -2.30. The van der Waals surface area contributed by atoms with E-state index in [0.717, 1.165) is 54.0 Å². The van der Waals surface area contributed by atoms with Crippen LogP contribution in [0.2, 0.25) is 0 Å². The summed E-state index contributed by atoms with van der Waals surface area (Å²) in [5, 5.41) is 0.842. The molecule has 3 heterocycles. The van der Waals surface area contributed by atoms with Crippen LogP contribution in [0.5, 0.6) is 5.75 Å². The molecule has 1 unspecified atom stereocenters. The number of fused-ring (bicyclic) bond motifs is 3. The monoisotopic (exact) mass is 409 g/mol. The van der Waals surface area contributed by atoms with E-state index in [4.69, 9.17) is 9.72 Å². The Hall–Kier alpha value is -2.18. The molecule has 0 spiro atoms. The summed E-state index contributed by atoms with van der Waals surface area (Å²) in [6.07, 6.45) is 8.08. The molecule has 29 heavy (non-hydrogen) atoms. The Morgan fingerprint density at radius 1 is 1.17 bits per heavy atom. The average Bonchev–Trinajstić information content (AvgIpc) is 3.23. The van der Waals surface area contributed by atoms with Crippen molar-refractivity contribution in [3.05, 3.63) is 56.4 Å². The number of benzene rings is 1. The van der Waals surface area contributed by atoms with Crippen LogP contribution in [0.3, 0.4) is 0 Å². The number of ether oxygens (including phenoxy) is 1. The van der Waals surface area contributed by atoms with Crippen molar-refractivity contribution in [2.45, 2.75) is 57.5 Å². The summed E-state index contributed by atoms with van der Waals surface area (Å²) < 4.78 is 5.32. The Morgan fingerprint density at radius 3 is 2.86 bits per heavy atom. The fourth-order valence-electron chi connectivity index (χ4n) is 4.87. The van der Waals surface area contributed by atoms with Gasteiger partial charge in [-0.05, 0) is 61.9 Å². The van der Waals surface area contributed by atoms with Crippen molar-refractivity contribution in [3.63, 3.8) is 0 Å². The number of likely N-dealkylation sites (tertiary alicyclic amines) is 1. The molecule has 2 aromatic heterocycles. The van der Waals surface area contributed by atoms with Crippen LogP contribution in [-0.2, 0) is 19.4 Å². The van der Waals surface area contributed by atoms with Crippen LogP contribution in [0.1, 0.15) is 60.0 Å². The second-order valence-corrected chi connectivity index (χ2v) is 9.24. The Kier molecular flexibility index (Phi) is 5.14. The molecule has 1 aliphatic heterocycles. The molecule has 5 rings (SSSR count). The fourth-order valence-corrected chi connectivity index (χ4v) is 6.16. The summed E-state index contributed by atoms with van der Waals surface area (Å²) in [6, 6.07) is 8.77. The number of aryl methyl sites for hydroxylation is 2. The lowest BCUT2D eigenvalue weighted by Gasteiger charge is -2.30. The first kappa shape index (κ1) is 18.8. The molecule has 2 aliphatic rings. The van der Waals surface area contributed by atoms with Gasteiger partial charge in [-0.1, -0.05) is 25.0 Å². The zero-order valence-corrected chi connectivity index (χ0v) is 17.7. The molecule has 3 aromatic rings. The summed E-state index contributed by atoms with van der Waals surface area (Å²) in [4.78, 5) is 25.6. The Labute approximate surface area is 174 Å². The number of hydrogen-bond acceptors (Lipinski definition) is 5. The van der Waals surface area contributed by atoms with Crippen LogP contribution in [0.25, 0.3) is 10.2 Å². The SMILES string of the molecule is COc1ccc(C2CCCCCN2Cc2nc3sc4c(c3c(=O)[nH]2)CCC4)cc1. The first-order valence-corrected chi connectivity index (χ1v) is 11.5. The van der Waals surface area contributed by atoms with Crippen LogP contribution < -0.4 is 10.3 Å². The van der Waals surface area contributed by atoms with Gasteiger partial charge in [-0.15, -0.1) is 11.3 Å². The molecule has 152 valence electrons. The maximum Gasteiger partial charge on any atom is 0.259 e. The second kappa shape index (κ2) is 7.92. The molecule has 0 amide bonds. The van der Waals surface area contributed by atoms with E-state index in [0.29, 0.717) is 12.6 Å². The summed E-state index contributed by atoms with van der Waals surface area (Å²) in [7, 11) is 1.70. The number of nitrogens with zero attached hydrogens (tertiary/aromatic N) is 2. The largest absolute Gasteiger partial charge is 0.497 e. The number of thiophene rings is 1. The minimum Gasteiger partial charge on any atom is -0.497 e. The van der Waals surface area contributed by atoms with Crippen molar-refractivity contribution >= 4 is 21.6 Å². The first-order chi connectivity index (χ1) is 14.2. The molecule has 1 fully saturated rings. The van der Waals surface area contributed by atoms with Crippen molar-refractivity contribution in [1.29, 1.82) is 0 Å². The lowest BCUT2D eigenvalue weighted by molar-refractivity contribution is 0.187. The molecule has 1 atom stereocenters. The first-order valence-electron chi connectivity index (χ1n) is 10.6. The van der Waals surface area contributed by atoms with E-state index in [1.165, 1.54) is 35.3 Å². The standard InChI is InChI=1S/C23H27N3O2S/c1-28-16-11-9-15(10-12-16)18-7-3-2-4-13-26(18)14-20-24-22(27)21-17-6-5-8-19(17)29-23(21)25-20/h9-12,18H,2-8,13-14H2,1H3,(H,24,25,27). The number of rotatable bonds is 4. The van der Waals surface area contributed by atoms with Gasteiger partial charge in [0.2, 0.25) is 0 Å². The van der Waals surface area contributed by atoms with E-state index in [9.17, 15) is 4.79 Å². The number of hydrogen-bond donors (Lipinski definition) is 1. The minimum absolute atomic E-state index is 0.0419. The Balaban J connectivity index is 1.45. The summed E-state index contributed by atoms with van der Waals surface area (Å²) in [5.74, 6) is 1.68. The number of nitrogens with one attached hydrogen (secondary N) is 1. The number of aromatic amines is 1. The smallest absolute Gasteiger partial charge is 0.259 e. The van der Waals surface area contributed by atoms with E-state index in [1.54, 1.807) is 18.4 Å². The average molecular weight is 410 g/mol. The summed E-state index contributed by atoms with van der Waals surface area (Å²) in [5.41, 5.74) is 2.60. The fraction of sp³-hybridized carbons (Fsp3) is 0.478. The molecule has 1 N–H and O–H groups in total. The van der Waals surface area contributed by atoms with Crippen LogP contribution >= 0.6 is 11.3 Å².